The molecular formula is C22H21FN4O2. The maximum atomic E-state index is 14.2. The summed E-state index contributed by atoms with van der Waals surface area (Å²) in [5.41, 5.74) is 2.44. The van der Waals surface area contributed by atoms with Gasteiger partial charge in [0.05, 0.1) is 31.6 Å². The van der Waals surface area contributed by atoms with Crippen molar-refractivity contribution in [3.8, 4) is 0 Å². The van der Waals surface area contributed by atoms with Gasteiger partial charge in [-0.15, -0.1) is 0 Å². The summed E-state index contributed by atoms with van der Waals surface area (Å²) in [4.78, 5) is 13.0. The summed E-state index contributed by atoms with van der Waals surface area (Å²) in [5.74, 6) is -0.570. The quantitative estimate of drug-likeness (QED) is 0.519. The second-order valence-corrected chi connectivity index (χ2v) is 6.70. The standard InChI is InChI=1S/C22H21FN4O2/c1-29-11-10-26-15-18(13-24-26)25-22(28)21-12-16-6-3-5-9-20(16)27(21)14-17-7-2-4-8-19(17)23/h2-9,12-13,15H,10-11,14H2,1H3,(H,25,28). The number of nitrogens with one attached hydrogen (secondary N) is 1. The lowest BCUT2D eigenvalue weighted by atomic mass is 10.2. The van der Waals surface area contributed by atoms with Crippen LogP contribution in [0.1, 0.15) is 16.1 Å². The monoisotopic (exact) mass is 392 g/mol. The Balaban J connectivity index is 1.65. The average molecular weight is 392 g/mol. The van der Waals surface area contributed by atoms with Crippen LogP contribution in [-0.2, 0) is 17.8 Å². The van der Waals surface area contributed by atoms with Gasteiger partial charge < -0.3 is 14.6 Å². The SMILES string of the molecule is COCCn1cc(NC(=O)c2cc3ccccc3n2Cc2ccccc2F)cn1. The minimum Gasteiger partial charge on any atom is -0.383 e. The summed E-state index contributed by atoms with van der Waals surface area (Å²) in [5, 5.41) is 8.01. The topological polar surface area (TPSA) is 61.1 Å². The second kappa shape index (κ2) is 8.28. The third-order valence-corrected chi connectivity index (χ3v) is 4.75. The Kier molecular flexibility index (Phi) is 5.39. The van der Waals surface area contributed by atoms with E-state index >= 15 is 0 Å². The number of halogens is 1. The molecule has 2 aromatic heterocycles. The molecule has 6 nitrogen and oxygen atoms in total. The molecule has 0 radical (unpaired) electrons. The van der Waals surface area contributed by atoms with Gasteiger partial charge in [0.2, 0.25) is 0 Å². The van der Waals surface area contributed by atoms with Crippen LogP contribution in [0.4, 0.5) is 10.1 Å². The Hall–Kier alpha value is -3.45. The number of para-hydroxylation sites is 1. The van der Waals surface area contributed by atoms with E-state index in [1.54, 1.807) is 42.4 Å². The number of amides is 1. The fourth-order valence-electron chi connectivity index (χ4n) is 3.30. The Morgan fingerprint density at radius 2 is 1.97 bits per heavy atom. The summed E-state index contributed by atoms with van der Waals surface area (Å²) >= 11 is 0. The number of nitrogens with zero attached hydrogens (tertiary/aromatic N) is 3. The Morgan fingerprint density at radius 1 is 1.17 bits per heavy atom. The molecule has 0 saturated heterocycles. The maximum absolute atomic E-state index is 14.2. The molecule has 0 fully saturated rings. The number of fused-ring (bicyclic) bond motifs is 1. The summed E-state index contributed by atoms with van der Waals surface area (Å²) in [6.45, 7) is 1.39. The lowest BCUT2D eigenvalue weighted by Crippen LogP contribution is -2.17. The van der Waals surface area contributed by atoms with E-state index in [9.17, 15) is 9.18 Å². The minimum absolute atomic E-state index is 0.260. The normalized spacial score (nSPS) is 11.1. The molecule has 4 aromatic rings. The van der Waals surface area contributed by atoms with Crippen molar-refractivity contribution < 1.29 is 13.9 Å². The van der Waals surface area contributed by atoms with Gasteiger partial charge in [-0.05, 0) is 18.2 Å². The van der Waals surface area contributed by atoms with Gasteiger partial charge in [-0.2, -0.15) is 5.10 Å². The molecule has 148 valence electrons. The van der Waals surface area contributed by atoms with Crippen LogP contribution < -0.4 is 5.32 Å². The van der Waals surface area contributed by atoms with Crippen LogP contribution >= 0.6 is 0 Å². The summed E-state index contributed by atoms with van der Waals surface area (Å²) in [6.07, 6.45) is 3.35. The number of benzene rings is 2. The van der Waals surface area contributed by atoms with Crippen molar-refractivity contribution in [2.24, 2.45) is 0 Å². The molecule has 0 unspecified atom stereocenters. The summed E-state index contributed by atoms with van der Waals surface area (Å²) < 4.78 is 22.8. The van der Waals surface area contributed by atoms with E-state index in [2.05, 4.69) is 10.4 Å². The third-order valence-electron chi connectivity index (χ3n) is 4.75. The molecule has 4 rings (SSSR count). The molecule has 0 aliphatic carbocycles. The van der Waals surface area contributed by atoms with Gasteiger partial charge in [0.25, 0.3) is 5.91 Å². The van der Waals surface area contributed by atoms with Crippen molar-refractivity contribution in [2.75, 3.05) is 19.0 Å². The maximum Gasteiger partial charge on any atom is 0.272 e. The predicted octanol–water partition coefficient (Wildman–Crippen LogP) is 3.92. The van der Waals surface area contributed by atoms with Crippen molar-refractivity contribution in [1.82, 2.24) is 14.3 Å². The van der Waals surface area contributed by atoms with Gasteiger partial charge in [-0.1, -0.05) is 36.4 Å². The number of ether oxygens (including phenoxy) is 1. The van der Waals surface area contributed by atoms with Gasteiger partial charge in [0.1, 0.15) is 11.5 Å². The lowest BCUT2D eigenvalue weighted by molar-refractivity contribution is 0.101. The lowest BCUT2D eigenvalue weighted by Gasteiger charge is -2.11. The van der Waals surface area contributed by atoms with Gasteiger partial charge >= 0.3 is 0 Å². The highest BCUT2D eigenvalue weighted by molar-refractivity contribution is 6.06. The second-order valence-electron chi connectivity index (χ2n) is 6.70. The molecule has 1 N–H and O–H groups in total. The number of methoxy groups -OCH3 is 1. The third kappa shape index (κ3) is 4.05. The first-order valence-electron chi connectivity index (χ1n) is 9.30. The largest absolute Gasteiger partial charge is 0.383 e. The highest BCUT2D eigenvalue weighted by Gasteiger charge is 2.17. The first-order valence-corrected chi connectivity index (χ1v) is 9.30. The van der Waals surface area contributed by atoms with Crippen LogP contribution in [0.3, 0.4) is 0 Å². The fourth-order valence-corrected chi connectivity index (χ4v) is 3.30. The molecule has 2 heterocycles. The number of aromatic nitrogens is 3. The van der Waals surface area contributed by atoms with Crippen LogP contribution in [-0.4, -0.2) is 34.0 Å². The molecule has 2 aromatic carbocycles. The molecule has 0 saturated carbocycles. The minimum atomic E-state index is -0.295. The van der Waals surface area contributed by atoms with E-state index < -0.39 is 0 Å². The van der Waals surface area contributed by atoms with Gasteiger partial charge in [-0.25, -0.2) is 4.39 Å². The van der Waals surface area contributed by atoms with E-state index in [-0.39, 0.29) is 18.3 Å². The van der Waals surface area contributed by atoms with Gasteiger partial charge in [0, 0.05) is 29.8 Å². The highest BCUT2D eigenvalue weighted by atomic mass is 19.1. The first kappa shape index (κ1) is 18.9. The van der Waals surface area contributed by atoms with Crippen LogP contribution in [0.5, 0.6) is 0 Å². The van der Waals surface area contributed by atoms with Crippen molar-refractivity contribution in [3.63, 3.8) is 0 Å². The van der Waals surface area contributed by atoms with Gasteiger partial charge in [0.15, 0.2) is 0 Å². The summed E-state index contributed by atoms with van der Waals surface area (Å²) in [6, 6.07) is 16.1. The van der Waals surface area contributed by atoms with Crippen LogP contribution in [0.2, 0.25) is 0 Å². The molecular weight excluding hydrogens is 371 g/mol. The van der Waals surface area contributed by atoms with E-state index in [0.717, 1.165) is 10.9 Å². The zero-order valence-electron chi connectivity index (χ0n) is 16.0. The molecule has 29 heavy (non-hydrogen) atoms. The van der Waals surface area contributed by atoms with Gasteiger partial charge in [-0.3, -0.25) is 9.48 Å². The van der Waals surface area contributed by atoms with E-state index in [1.165, 1.54) is 6.07 Å². The Labute approximate surface area is 167 Å². The van der Waals surface area contributed by atoms with Crippen LogP contribution in [0.25, 0.3) is 10.9 Å². The van der Waals surface area contributed by atoms with Crippen molar-refractivity contribution in [1.29, 1.82) is 0 Å². The molecule has 1 amide bonds. The molecule has 0 atom stereocenters. The number of hydrogen-bond acceptors (Lipinski definition) is 3. The number of anilines is 1. The first-order chi connectivity index (χ1) is 14.2. The number of hydrogen-bond donors (Lipinski definition) is 1. The molecule has 0 bridgehead atoms. The Bertz CT molecular complexity index is 1150. The fraction of sp³-hybridized carbons (Fsp3) is 0.182. The van der Waals surface area contributed by atoms with Crippen molar-refractivity contribution in [3.05, 3.63) is 84.1 Å². The van der Waals surface area contributed by atoms with E-state index in [0.29, 0.717) is 30.1 Å². The zero-order valence-corrected chi connectivity index (χ0v) is 16.0. The van der Waals surface area contributed by atoms with Crippen LogP contribution in [0, 0.1) is 5.82 Å². The number of carbonyl (C=O) groups is 1. The average Bonchev–Trinajstić information content (AvgIpc) is 3.33. The smallest absolute Gasteiger partial charge is 0.272 e. The van der Waals surface area contributed by atoms with Crippen molar-refractivity contribution >= 4 is 22.5 Å². The number of rotatable bonds is 7. The van der Waals surface area contributed by atoms with E-state index in [1.807, 2.05) is 34.9 Å². The predicted molar refractivity (Wildman–Crippen MR) is 109 cm³/mol. The summed E-state index contributed by atoms with van der Waals surface area (Å²) in [7, 11) is 1.63. The molecule has 0 aliphatic rings. The molecule has 0 aliphatic heterocycles. The van der Waals surface area contributed by atoms with Crippen molar-refractivity contribution in [2.45, 2.75) is 13.1 Å². The zero-order chi connectivity index (χ0) is 20.2. The molecule has 7 heteroatoms. The Morgan fingerprint density at radius 3 is 2.79 bits per heavy atom. The van der Waals surface area contributed by atoms with E-state index in [4.69, 9.17) is 4.74 Å². The highest BCUT2D eigenvalue weighted by Crippen LogP contribution is 2.23. The number of carbonyl (C=O) groups excluding carboxylic acids is 1. The van der Waals surface area contributed by atoms with Crippen LogP contribution in [0.15, 0.2) is 67.0 Å². The molecule has 0 spiro atoms.